The monoisotopic (exact) mass is 448 g/mol. The first kappa shape index (κ1) is 23.5. The van der Waals surface area contributed by atoms with Crippen LogP contribution in [0.5, 0.6) is 11.5 Å². The Morgan fingerprint density at radius 1 is 1.12 bits per heavy atom. The number of nitrogens with one attached hydrogen (secondary N) is 1. The van der Waals surface area contributed by atoms with Crippen molar-refractivity contribution >= 4 is 17.6 Å². The first-order chi connectivity index (χ1) is 15.4. The zero-order chi connectivity index (χ0) is 23.3. The van der Waals surface area contributed by atoms with Crippen molar-refractivity contribution in [1.82, 2.24) is 4.90 Å². The standard InChI is InChI=1S/C23H26F2N2O5/c1-4-32-23(29)12-19-16-11-21(31-3)20(30-2)9-14(16)7-8-27(19)13-22(28)26-18-6-5-15(24)10-17(18)25/h5-6,9-11,19H,4,7-8,12-13H2,1-3H3,(H,26,28). The highest BCUT2D eigenvalue weighted by molar-refractivity contribution is 5.92. The average molecular weight is 448 g/mol. The first-order valence-corrected chi connectivity index (χ1v) is 10.3. The maximum absolute atomic E-state index is 13.9. The average Bonchev–Trinajstić information content (AvgIpc) is 2.76. The minimum absolute atomic E-state index is 0.0362. The number of benzene rings is 2. The number of esters is 1. The molecule has 1 N–H and O–H groups in total. The molecule has 9 heteroatoms. The van der Waals surface area contributed by atoms with Gasteiger partial charge in [0, 0.05) is 18.7 Å². The van der Waals surface area contributed by atoms with Crippen LogP contribution < -0.4 is 14.8 Å². The lowest BCUT2D eigenvalue weighted by Crippen LogP contribution is -2.41. The van der Waals surface area contributed by atoms with Crippen LogP contribution in [0.1, 0.15) is 30.5 Å². The number of hydrogen-bond acceptors (Lipinski definition) is 6. The molecule has 0 aromatic heterocycles. The molecule has 0 aliphatic carbocycles. The number of carbonyl (C=O) groups is 2. The second kappa shape index (κ2) is 10.4. The van der Waals surface area contributed by atoms with E-state index in [1.54, 1.807) is 14.0 Å². The van der Waals surface area contributed by atoms with Crippen LogP contribution in [-0.2, 0) is 20.7 Å². The number of anilines is 1. The Hall–Kier alpha value is -3.20. The summed E-state index contributed by atoms with van der Waals surface area (Å²) in [7, 11) is 3.07. The summed E-state index contributed by atoms with van der Waals surface area (Å²) in [6, 6.07) is 6.18. The zero-order valence-electron chi connectivity index (χ0n) is 18.2. The lowest BCUT2D eigenvalue weighted by atomic mass is 9.90. The molecule has 1 heterocycles. The van der Waals surface area contributed by atoms with Crippen LogP contribution in [-0.4, -0.2) is 50.7 Å². The van der Waals surface area contributed by atoms with Gasteiger partial charge in [-0.15, -0.1) is 0 Å². The summed E-state index contributed by atoms with van der Waals surface area (Å²) in [6.07, 6.45) is 0.654. The van der Waals surface area contributed by atoms with Crippen LogP contribution in [0, 0.1) is 11.6 Å². The molecule has 7 nitrogen and oxygen atoms in total. The van der Waals surface area contributed by atoms with Crippen LogP contribution in [0.2, 0.25) is 0 Å². The minimum atomic E-state index is -0.859. The van der Waals surface area contributed by atoms with Crippen molar-refractivity contribution in [2.75, 3.05) is 39.2 Å². The molecule has 0 fully saturated rings. The van der Waals surface area contributed by atoms with Crippen LogP contribution in [0.4, 0.5) is 14.5 Å². The van der Waals surface area contributed by atoms with Crippen molar-refractivity contribution in [3.05, 3.63) is 53.1 Å². The van der Waals surface area contributed by atoms with E-state index in [2.05, 4.69) is 5.32 Å². The predicted octanol–water partition coefficient (Wildman–Crippen LogP) is 3.47. The van der Waals surface area contributed by atoms with E-state index < -0.39 is 29.6 Å². The number of methoxy groups -OCH3 is 2. The zero-order valence-corrected chi connectivity index (χ0v) is 18.2. The third kappa shape index (κ3) is 5.34. The SMILES string of the molecule is CCOC(=O)CC1c2cc(OC)c(OC)cc2CCN1CC(=O)Nc1ccc(F)cc1F. The highest BCUT2D eigenvalue weighted by atomic mass is 19.1. The van der Waals surface area contributed by atoms with Crippen molar-refractivity contribution in [2.45, 2.75) is 25.8 Å². The molecule has 1 amide bonds. The van der Waals surface area contributed by atoms with Crippen molar-refractivity contribution in [3.8, 4) is 11.5 Å². The van der Waals surface area contributed by atoms with Crippen LogP contribution >= 0.6 is 0 Å². The molecule has 0 saturated heterocycles. The fraction of sp³-hybridized carbons (Fsp3) is 0.391. The van der Waals surface area contributed by atoms with Gasteiger partial charge in [0.05, 0.1) is 39.5 Å². The summed E-state index contributed by atoms with van der Waals surface area (Å²) in [5.41, 5.74) is 1.71. The van der Waals surface area contributed by atoms with Gasteiger partial charge >= 0.3 is 5.97 Å². The van der Waals surface area contributed by atoms with Gasteiger partial charge in [-0.05, 0) is 48.7 Å². The Labute approximate surface area is 185 Å². The number of ether oxygens (including phenoxy) is 3. The van der Waals surface area contributed by atoms with E-state index >= 15 is 0 Å². The number of carbonyl (C=O) groups excluding carboxylic acids is 2. The lowest BCUT2D eigenvalue weighted by molar-refractivity contribution is -0.145. The minimum Gasteiger partial charge on any atom is -0.493 e. The third-order valence-electron chi connectivity index (χ3n) is 5.33. The fourth-order valence-electron chi connectivity index (χ4n) is 3.85. The summed E-state index contributed by atoms with van der Waals surface area (Å²) < 4.78 is 43.0. The molecule has 0 spiro atoms. The van der Waals surface area contributed by atoms with Gasteiger partial charge < -0.3 is 19.5 Å². The number of hydrogen-bond donors (Lipinski definition) is 1. The number of fused-ring (bicyclic) bond motifs is 1. The van der Waals surface area contributed by atoms with Crippen molar-refractivity contribution in [2.24, 2.45) is 0 Å². The summed E-state index contributed by atoms with van der Waals surface area (Å²) >= 11 is 0. The molecule has 1 unspecified atom stereocenters. The second-order valence-electron chi connectivity index (χ2n) is 7.32. The van der Waals surface area contributed by atoms with Gasteiger partial charge in [0.1, 0.15) is 11.6 Å². The normalized spacial score (nSPS) is 15.6. The fourth-order valence-corrected chi connectivity index (χ4v) is 3.85. The number of amides is 1. The van der Waals surface area contributed by atoms with Gasteiger partial charge in [0.2, 0.25) is 5.91 Å². The van der Waals surface area contributed by atoms with Crippen molar-refractivity contribution < 1.29 is 32.6 Å². The Morgan fingerprint density at radius 3 is 2.50 bits per heavy atom. The van der Waals surface area contributed by atoms with Gasteiger partial charge in [-0.1, -0.05) is 0 Å². The summed E-state index contributed by atoms with van der Waals surface area (Å²) in [6.45, 7) is 2.37. The number of rotatable bonds is 8. The van der Waals surface area contributed by atoms with Gasteiger partial charge in [-0.2, -0.15) is 0 Å². The third-order valence-corrected chi connectivity index (χ3v) is 5.33. The van der Waals surface area contributed by atoms with Crippen molar-refractivity contribution in [3.63, 3.8) is 0 Å². The van der Waals surface area contributed by atoms with Crippen LogP contribution in [0.3, 0.4) is 0 Å². The highest BCUT2D eigenvalue weighted by Gasteiger charge is 2.32. The van der Waals surface area contributed by atoms with E-state index in [9.17, 15) is 18.4 Å². The first-order valence-electron chi connectivity index (χ1n) is 10.3. The topological polar surface area (TPSA) is 77.1 Å². The maximum Gasteiger partial charge on any atom is 0.307 e. The molecule has 0 radical (unpaired) electrons. The molecule has 2 aromatic carbocycles. The summed E-state index contributed by atoms with van der Waals surface area (Å²) in [5.74, 6) is -1.36. The summed E-state index contributed by atoms with van der Waals surface area (Å²) in [5, 5.41) is 2.47. The quantitative estimate of drug-likeness (QED) is 0.624. The van der Waals surface area contributed by atoms with Gasteiger partial charge in [-0.25, -0.2) is 8.78 Å². The van der Waals surface area contributed by atoms with E-state index in [1.165, 1.54) is 13.2 Å². The molecular weight excluding hydrogens is 422 g/mol. The number of nitrogens with zero attached hydrogens (tertiary/aromatic N) is 1. The molecule has 32 heavy (non-hydrogen) atoms. The molecule has 1 aliphatic rings. The van der Waals surface area contributed by atoms with Crippen LogP contribution in [0.25, 0.3) is 0 Å². The number of halogens is 2. The smallest absolute Gasteiger partial charge is 0.307 e. The molecule has 2 aromatic rings. The van der Waals surface area contributed by atoms with E-state index in [0.29, 0.717) is 30.5 Å². The van der Waals surface area contributed by atoms with E-state index in [1.807, 2.05) is 17.0 Å². The Balaban J connectivity index is 1.85. The highest BCUT2D eigenvalue weighted by Crippen LogP contribution is 2.39. The van der Waals surface area contributed by atoms with Gasteiger partial charge in [-0.3, -0.25) is 14.5 Å². The van der Waals surface area contributed by atoms with Gasteiger partial charge in [0.25, 0.3) is 0 Å². The molecule has 172 valence electrons. The molecule has 0 bridgehead atoms. The molecule has 3 rings (SSSR count). The Kier molecular flexibility index (Phi) is 7.63. The molecule has 1 atom stereocenters. The maximum atomic E-state index is 13.9. The summed E-state index contributed by atoms with van der Waals surface area (Å²) in [4.78, 5) is 26.8. The van der Waals surface area contributed by atoms with E-state index in [-0.39, 0.29) is 25.3 Å². The Bertz CT molecular complexity index is 999. The lowest BCUT2D eigenvalue weighted by Gasteiger charge is -2.37. The van der Waals surface area contributed by atoms with Gasteiger partial charge in [0.15, 0.2) is 11.5 Å². The second-order valence-corrected chi connectivity index (χ2v) is 7.32. The van der Waals surface area contributed by atoms with Crippen molar-refractivity contribution in [1.29, 1.82) is 0 Å². The van der Waals surface area contributed by atoms with Crippen LogP contribution in [0.15, 0.2) is 30.3 Å². The van der Waals surface area contributed by atoms with E-state index in [4.69, 9.17) is 14.2 Å². The van der Waals surface area contributed by atoms with E-state index in [0.717, 1.165) is 17.2 Å². The largest absolute Gasteiger partial charge is 0.493 e. The molecule has 1 aliphatic heterocycles. The Morgan fingerprint density at radius 2 is 1.84 bits per heavy atom. The predicted molar refractivity (Wildman–Crippen MR) is 114 cm³/mol. The molecule has 0 saturated carbocycles. The molecular formula is C23H26F2N2O5.